The van der Waals surface area contributed by atoms with Crippen molar-refractivity contribution in [3.8, 4) is 0 Å². The molecule has 2 aliphatic heterocycles. The van der Waals surface area contributed by atoms with Crippen molar-refractivity contribution in [2.45, 2.75) is 45.3 Å². The molecule has 2 N–H and O–H groups in total. The van der Waals surface area contributed by atoms with Gasteiger partial charge in [-0.15, -0.1) is 0 Å². The Balaban J connectivity index is 1.56. The molecule has 2 heterocycles. The standard InChI is InChI=1S/C24H25N3O5/c1-14(2)10-19(23(30)31)25-21(28)16-8-5-9-18(11-16)27-22(29)20-12-15-6-3-4-7-17(15)13-26(20)24(27)32/h3-9,11,14,19-20H,10,12-13H2,1-2H3,(H,25,28)(H,30,31). The summed E-state index contributed by atoms with van der Waals surface area (Å²) >= 11 is 0. The summed E-state index contributed by atoms with van der Waals surface area (Å²) in [6, 6.07) is 11.9. The number of hydrogen-bond acceptors (Lipinski definition) is 4. The van der Waals surface area contributed by atoms with Crippen molar-refractivity contribution in [1.29, 1.82) is 0 Å². The maximum absolute atomic E-state index is 13.1. The van der Waals surface area contributed by atoms with Crippen LogP contribution in [0.3, 0.4) is 0 Å². The van der Waals surface area contributed by atoms with Gasteiger partial charge in [-0.05, 0) is 41.7 Å². The van der Waals surface area contributed by atoms with Gasteiger partial charge in [-0.25, -0.2) is 14.5 Å². The third kappa shape index (κ3) is 3.95. The first kappa shape index (κ1) is 21.5. The van der Waals surface area contributed by atoms with E-state index in [-0.39, 0.29) is 17.4 Å². The Hall–Kier alpha value is -3.68. The van der Waals surface area contributed by atoms with Gasteiger partial charge in [-0.1, -0.05) is 44.2 Å². The Kier molecular flexibility index (Phi) is 5.69. The molecule has 0 saturated carbocycles. The number of urea groups is 1. The van der Waals surface area contributed by atoms with Crippen LogP contribution in [0.15, 0.2) is 48.5 Å². The van der Waals surface area contributed by atoms with E-state index >= 15 is 0 Å². The van der Waals surface area contributed by atoms with Crippen LogP contribution in [0.5, 0.6) is 0 Å². The van der Waals surface area contributed by atoms with Crippen molar-refractivity contribution in [3.05, 3.63) is 65.2 Å². The Morgan fingerprint density at radius 2 is 1.81 bits per heavy atom. The summed E-state index contributed by atoms with van der Waals surface area (Å²) in [5.41, 5.74) is 2.55. The zero-order valence-electron chi connectivity index (χ0n) is 17.9. The third-order valence-electron chi connectivity index (χ3n) is 5.87. The highest BCUT2D eigenvalue weighted by atomic mass is 16.4. The summed E-state index contributed by atoms with van der Waals surface area (Å²) in [6.45, 7) is 4.11. The van der Waals surface area contributed by atoms with Gasteiger partial charge in [0.15, 0.2) is 0 Å². The molecule has 1 fully saturated rings. The SMILES string of the molecule is CC(C)CC(NC(=O)c1cccc(N2C(=O)C3Cc4ccccc4CN3C2=O)c1)C(=O)O. The van der Waals surface area contributed by atoms with Crippen molar-refractivity contribution in [2.24, 2.45) is 5.92 Å². The second-order valence-corrected chi connectivity index (χ2v) is 8.62. The van der Waals surface area contributed by atoms with Crippen molar-refractivity contribution < 1.29 is 24.3 Å². The minimum Gasteiger partial charge on any atom is -0.480 e. The van der Waals surface area contributed by atoms with Gasteiger partial charge in [0.05, 0.1) is 5.69 Å². The number of aliphatic carboxylic acids is 1. The molecular formula is C24H25N3O5. The van der Waals surface area contributed by atoms with Gasteiger partial charge in [0.2, 0.25) is 0 Å². The van der Waals surface area contributed by atoms with Gasteiger partial charge in [0.1, 0.15) is 12.1 Å². The minimum atomic E-state index is -1.11. The zero-order valence-corrected chi connectivity index (χ0v) is 17.9. The summed E-state index contributed by atoms with van der Waals surface area (Å²) < 4.78 is 0. The molecule has 2 unspecified atom stereocenters. The van der Waals surface area contributed by atoms with Gasteiger partial charge in [0, 0.05) is 18.5 Å². The minimum absolute atomic E-state index is 0.0871. The van der Waals surface area contributed by atoms with Crippen molar-refractivity contribution >= 4 is 29.5 Å². The summed E-state index contributed by atoms with van der Waals surface area (Å²) in [7, 11) is 0. The van der Waals surface area contributed by atoms with E-state index in [0.29, 0.717) is 25.1 Å². The molecule has 0 bridgehead atoms. The summed E-state index contributed by atoms with van der Waals surface area (Å²) in [4.78, 5) is 53.0. The van der Waals surface area contributed by atoms with Crippen LogP contribution in [-0.2, 0) is 22.6 Å². The number of carbonyl (C=O) groups excluding carboxylic acids is 3. The molecule has 8 heteroatoms. The number of carbonyl (C=O) groups is 4. The highest BCUT2D eigenvalue weighted by Gasteiger charge is 2.47. The second-order valence-electron chi connectivity index (χ2n) is 8.62. The maximum Gasteiger partial charge on any atom is 0.332 e. The molecule has 4 rings (SSSR count). The summed E-state index contributed by atoms with van der Waals surface area (Å²) in [6.07, 6.45) is 0.744. The smallest absolute Gasteiger partial charge is 0.332 e. The van der Waals surface area contributed by atoms with Crippen LogP contribution in [0.4, 0.5) is 10.5 Å². The van der Waals surface area contributed by atoms with Gasteiger partial charge in [-0.3, -0.25) is 9.59 Å². The molecule has 2 aromatic carbocycles. The van der Waals surface area contributed by atoms with E-state index in [1.54, 1.807) is 17.0 Å². The van der Waals surface area contributed by atoms with Crippen molar-refractivity contribution in [1.82, 2.24) is 10.2 Å². The lowest BCUT2D eigenvalue weighted by Gasteiger charge is -2.28. The Labute approximate surface area is 185 Å². The monoisotopic (exact) mass is 435 g/mol. The second kappa shape index (κ2) is 8.45. The quantitative estimate of drug-likeness (QED) is 0.679. The van der Waals surface area contributed by atoms with Gasteiger partial charge < -0.3 is 15.3 Å². The average molecular weight is 435 g/mol. The number of nitrogens with zero attached hydrogens (tertiary/aromatic N) is 2. The van der Waals surface area contributed by atoms with Crippen LogP contribution >= 0.6 is 0 Å². The zero-order chi connectivity index (χ0) is 23.0. The first-order valence-corrected chi connectivity index (χ1v) is 10.6. The third-order valence-corrected chi connectivity index (χ3v) is 5.87. The van der Waals surface area contributed by atoms with Crippen LogP contribution in [0, 0.1) is 5.92 Å². The van der Waals surface area contributed by atoms with Crippen LogP contribution < -0.4 is 10.2 Å². The normalized spacial score (nSPS) is 18.4. The molecule has 0 spiro atoms. The van der Waals surface area contributed by atoms with Crippen LogP contribution in [-0.4, -0.2) is 45.9 Å². The molecule has 2 aliphatic rings. The largest absolute Gasteiger partial charge is 0.480 e. The molecular weight excluding hydrogens is 410 g/mol. The Morgan fingerprint density at radius 3 is 2.50 bits per heavy atom. The molecule has 8 nitrogen and oxygen atoms in total. The van der Waals surface area contributed by atoms with E-state index in [4.69, 9.17) is 0 Å². The van der Waals surface area contributed by atoms with Crippen LogP contribution in [0.1, 0.15) is 41.8 Å². The topological polar surface area (TPSA) is 107 Å². The molecule has 0 radical (unpaired) electrons. The van der Waals surface area contributed by atoms with E-state index in [0.717, 1.165) is 16.0 Å². The lowest BCUT2D eigenvalue weighted by atomic mass is 9.95. The van der Waals surface area contributed by atoms with E-state index < -0.39 is 30.0 Å². The lowest BCUT2D eigenvalue weighted by Crippen LogP contribution is -2.41. The highest BCUT2D eigenvalue weighted by molar-refractivity contribution is 6.21. The number of nitrogens with one attached hydrogen (secondary N) is 1. The van der Waals surface area contributed by atoms with Crippen LogP contribution in [0.2, 0.25) is 0 Å². The summed E-state index contributed by atoms with van der Waals surface area (Å²) in [5, 5.41) is 11.9. The van der Waals surface area contributed by atoms with Gasteiger partial charge in [0.25, 0.3) is 11.8 Å². The first-order valence-electron chi connectivity index (χ1n) is 10.6. The summed E-state index contributed by atoms with van der Waals surface area (Å²) in [5.74, 6) is -1.91. The number of imide groups is 1. The molecule has 0 aromatic heterocycles. The predicted octanol–water partition coefficient (Wildman–Crippen LogP) is 2.81. The average Bonchev–Trinajstić information content (AvgIpc) is 3.01. The fourth-order valence-corrected chi connectivity index (χ4v) is 4.27. The number of benzene rings is 2. The lowest BCUT2D eigenvalue weighted by molar-refractivity contribution is -0.139. The highest BCUT2D eigenvalue weighted by Crippen LogP contribution is 2.33. The molecule has 166 valence electrons. The maximum atomic E-state index is 13.1. The van der Waals surface area contributed by atoms with Crippen molar-refractivity contribution in [3.63, 3.8) is 0 Å². The number of rotatable bonds is 6. The first-order chi connectivity index (χ1) is 15.3. The Bertz CT molecular complexity index is 1050. The predicted molar refractivity (Wildman–Crippen MR) is 117 cm³/mol. The van der Waals surface area contributed by atoms with Crippen LogP contribution in [0.25, 0.3) is 0 Å². The van der Waals surface area contributed by atoms with E-state index in [1.807, 2.05) is 38.1 Å². The molecule has 32 heavy (non-hydrogen) atoms. The molecule has 2 aromatic rings. The number of anilines is 1. The van der Waals surface area contributed by atoms with E-state index in [9.17, 15) is 24.3 Å². The van der Waals surface area contributed by atoms with Crippen molar-refractivity contribution in [2.75, 3.05) is 4.90 Å². The fourth-order valence-electron chi connectivity index (χ4n) is 4.27. The number of hydrogen-bond donors (Lipinski definition) is 2. The van der Waals surface area contributed by atoms with E-state index in [1.165, 1.54) is 12.1 Å². The van der Waals surface area contributed by atoms with Gasteiger partial charge in [-0.2, -0.15) is 0 Å². The number of carboxylic acid groups (broad SMARTS) is 1. The Morgan fingerprint density at radius 1 is 1.09 bits per heavy atom. The fraction of sp³-hybridized carbons (Fsp3) is 0.333. The molecule has 1 saturated heterocycles. The number of amides is 4. The molecule has 4 amide bonds. The molecule has 2 atom stereocenters. The molecule has 0 aliphatic carbocycles. The number of carboxylic acids is 1. The number of fused-ring (bicyclic) bond motifs is 2. The van der Waals surface area contributed by atoms with Gasteiger partial charge >= 0.3 is 12.0 Å². The van der Waals surface area contributed by atoms with E-state index in [2.05, 4.69) is 5.32 Å².